The van der Waals surface area contributed by atoms with Gasteiger partial charge >= 0.3 is 12.2 Å². The smallest absolute Gasteiger partial charge is 0.422 e. The minimum absolute atomic E-state index is 0.0130. The van der Waals surface area contributed by atoms with Crippen LogP contribution in [0.15, 0.2) is 48.5 Å². The van der Waals surface area contributed by atoms with Crippen LogP contribution >= 0.6 is 11.6 Å². The molecule has 1 aliphatic carbocycles. The van der Waals surface area contributed by atoms with Crippen LogP contribution in [0.4, 0.5) is 30.8 Å². The van der Waals surface area contributed by atoms with Crippen LogP contribution in [-0.2, 0) is 20.4 Å². The van der Waals surface area contributed by atoms with Crippen LogP contribution in [0.5, 0.6) is 6.01 Å². The van der Waals surface area contributed by atoms with Gasteiger partial charge < -0.3 is 20.7 Å². The van der Waals surface area contributed by atoms with Gasteiger partial charge in [0, 0.05) is 22.7 Å². The molecule has 1 heterocycles. The van der Waals surface area contributed by atoms with Crippen molar-refractivity contribution in [2.75, 3.05) is 30.3 Å². The first-order valence-electron chi connectivity index (χ1n) is 14.3. The third kappa shape index (κ3) is 10.3. The Morgan fingerprint density at radius 2 is 1.65 bits per heavy atom. The van der Waals surface area contributed by atoms with Crippen molar-refractivity contribution >= 4 is 50.9 Å². The molecule has 0 aliphatic heterocycles. The molecule has 1 saturated carbocycles. The van der Waals surface area contributed by atoms with Crippen LogP contribution in [-0.4, -0.2) is 66.2 Å². The summed E-state index contributed by atoms with van der Waals surface area (Å²) in [5.41, 5.74) is 1.23. The van der Waals surface area contributed by atoms with Crippen molar-refractivity contribution in [2.24, 2.45) is 0 Å². The number of carbonyl (C=O) groups excluding carboxylic acids is 2. The monoisotopic (exact) mass is 683 g/mol. The number of ether oxygens (including phenoxy) is 1. The molecule has 17 heteroatoms. The van der Waals surface area contributed by atoms with E-state index in [0.29, 0.717) is 29.2 Å². The second-order valence-corrected chi connectivity index (χ2v) is 13.6. The van der Waals surface area contributed by atoms with E-state index in [1.54, 1.807) is 36.4 Å². The van der Waals surface area contributed by atoms with Gasteiger partial charge in [0.25, 0.3) is 0 Å². The van der Waals surface area contributed by atoms with Gasteiger partial charge in [-0.1, -0.05) is 23.7 Å². The molecule has 0 spiro atoms. The standard InChI is InChI=1S/C29H33ClF3N7O5S/c1-18(2)46(43,44)40-24(42)4-3-15-34-16-23(41)19-5-11-22(12-6-19)35-25-36-26(38-27(37-25)45-17-29(31,32)33)39-28(13-14-28)20-7-9-21(30)10-8-20/h5-12,18,34H,3-4,13-17H2,1-2H3,(H,40,42)(H2,35,36,37,38,39). The summed E-state index contributed by atoms with van der Waals surface area (Å²) in [6.45, 7) is 1.64. The summed E-state index contributed by atoms with van der Waals surface area (Å²) >= 11 is 6.01. The molecule has 0 saturated heterocycles. The lowest BCUT2D eigenvalue weighted by Gasteiger charge is -2.19. The number of alkyl halides is 3. The lowest BCUT2D eigenvalue weighted by molar-refractivity contribution is -0.154. The number of nitrogens with zero attached hydrogens (tertiary/aromatic N) is 3. The fourth-order valence-electron chi connectivity index (χ4n) is 4.15. The maximum absolute atomic E-state index is 12.8. The topological polar surface area (TPSA) is 164 Å². The van der Waals surface area contributed by atoms with Gasteiger partial charge in [-0.3, -0.25) is 14.3 Å². The Morgan fingerprint density at radius 3 is 2.26 bits per heavy atom. The number of nitrogens with one attached hydrogen (secondary N) is 4. The third-order valence-corrected chi connectivity index (χ3v) is 8.87. The number of carbonyl (C=O) groups is 2. The Bertz CT molecular complexity index is 1640. The Labute approximate surface area is 269 Å². The summed E-state index contributed by atoms with van der Waals surface area (Å²) in [6, 6.07) is 12.9. The molecular formula is C29H33ClF3N7O5S. The van der Waals surface area contributed by atoms with Gasteiger partial charge in [0.2, 0.25) is 27.8 Å². The van der Waals surface area contributed by atoms with E-state index in [0.717, 1.165) is 18.4 Å². The number of sulfonamides is 1. The van der Waals surface area contributed by atoms with Crippen molar-refractivity contribution in [3.8, 4) is 6.01 Å². The molecule has 0 unspecified atom stereocenters. The number of amides is 1. The maximum atomic E-state index is 12.8. The fourth-order valence-corrected chi connectivity index (χ4v) is 4.93. The van der Waals surface area contributed by atoms with Crippen LogP contribution in [0.2, 0.25) is 5.02 Å². The summed E-state index contributed by atoms with van der Waals surface area (Å²) in [7, 11) is -3.69. The van der Waals surface area contributed by atoms with Crippen LogP contribution in [0, 0.1) is 0 Å². The summed E-state index contributed by atoms with van der Waals surface area (Å²) in [6.07, 6.45) is -2.81. The molecule has 3 aromatic rings. The molecule has 2 aromatic carbocycles. The Kier molecular flexibility index (Phi) is 11.1. The van der Waals surface area contributed by atoms with E-state index in [4.69, 9.17) is 16.3 Å². The minimum Gasteiger partial charge on any atom is -0.454 e. The molecule has 0 bridgehead atoms. The molecule has 4 N–H and O–H groups in total. The number of benzene rings is 2. The van der Waals surface area contributed by atoms with Gasteiger partial charge in [-0.15, -0.1) is 0 Å². The quantitative estimate of drug-likeness (QED) is 0.122. The van der Waals surface area contributed by atoms with E-state index in [-0.39, 0.29) is 30.6 Å². The first kappa shape index (κ1) is 34.8. The Balaban J connectivity index is 1.35. The highest BCUT2D eigenvalue weighted by Gasteiger charge is 2.45. The Hall–Kier alpha value is -4.02. The van der Waals surface area contributed by atoms with Gasteiger partial charge in [-0.25, -0.2) is 8.42 Å². The average Bonchev–Trinajstić information content (AvgIpc) is 3.76. The van der Waals surface area contributed by atoms with Gasteiger partial charge in [0.15, 0.2) is 12.4 Å². The molecule has 1 amide bonds. The number of hydrogen-bond donors (Lipinski definition) is 4. The van der Waals surface area contributed by atoms with Gasteiger partial charge in [-0.05, 0) is 81.6 Å². The van der Waals surface area contributed by atoms with Crippen molar-refractivity contribution < 1.29 is 35.9 Å². The second-order valence-electron chi connectivity index (χ2n) is 10.9. The van der Waals surface area contributed by atoms with Gasteiger partial charge in [0.1, 0.15) is 0 Å². The fraction of sp³-hybridized carbons (Fsp3) is 0.414. The van der Waals surface area contributed by atoms with E-state index in [1.165, 1.54) is 13.8 Å². The zero-order chi connectivity index (χ0) is 33.5. The first-order chi connectivity index (χ1) is 21.6. The maximum Gasteiger partial charge on any atom is 0.422 e. The summed E-state index contributed by atoms with van der Waals surface area (Å²) < 4.78 is 68.8. The minimum atomic E-state index is -4.60. The molecule has 12 nitrogen and oxygen atoms in total. The zero-order valence-corrected chi connectivity index (χ0v) is 26.5. The van der Waals surface area contributed by atoms with Crippen molar-refractivity contribution in [1.82, 2.24) is 25.0 Å². The molecular weight excluding hydrogens is 651 g/mol. The molecule has 4 rings (SSSR count). The molecule has 1 aliphatic rings. The van der Waals surface area contributed by atoms with Crippen molar-refractivity contribution in [2.45, 2.75) is 56.5 Å². The number of halogens is 4. The summed E-state index contributed by atoms with van der Waals surface area (Å²) in [5, 5.41) is 8.87. The van der Waals surface area contributed by atoms with E-state index in [9.17, 15) is 31.2 Å². The number of rotatable bonds is 16. The van der Waals surface area contributed by atoms with Crippen LogP contribution in [0.1, 0.15) is 55.5 Å². The zero-order valence-electron chi connectivity index (χ0n) is 24.9. The highest BCUT2D eigenvalue weighted by Crippen LogP contribution is 2.48. The molecule has 1 fully saturated rings. The predicted molar refractivity (Wildman–Crippen MR) is 166 cm³/mol. The summed E-state index contributed by atoms with van der Waals surface area (Å²) in [4.78, 5) is 36.7. The summed E-state index contributed by atoms with van der Waals surface area (Å²) in [5.74, 6) is -0.907. The van der Waals surface area contributed by atoms with E-state index >= 15 is 0 Å². The van der Waals surface area contributed by atoms with E-state index in [1.807, 2.05) is 16.9 Å². The SMILES string of the molecule is CC(C)S(=O)(=O)NC(=O)CCCNCC(=O)c1ccc(Nc2nc(NC3(c4ccc(Cl)cc4)CC3)nc(OCC(F)(F)F)n2)cc1. The highest BCUT2D eigenvalue weighted by atomic mass is 35.5. The van der Waals surface area contributed by atoms with Gasteiger partial charge in [0.05, 0.1) is 17.3 Å². The number of Topliss-reactive ketones (excluding diaryl/α,β-unsaturated/α-hetero) is 1. The number of anilines is 3. The third-order valence-electron chi connectivity index (χ3n) is 6.86. The largest absolute Gasteiger partial charge is 0.454 e. The molecule has 0 radical (unpaired) electrons. The second kappa shape index (κ2) is 14.6. The van der Waals surface area contributed by atoms with Gasteiger partial charge in [-0.2, -0.15) is 28.1 Å². The average molecular weight is 684 g/mol. The lowest BCUT2D eigenvalue weighted by Crippen LogP contribution is -2.36. The Morgan fingerprint density at radius 1 is 1.00 bits per heavy atom. The number of ketones is 1. The van der Waals surface area contributed by atoms with E-state index in [2.05, 4.69) is 30.9 Å². The normalized spacial score (nSPS) is 14.1. The predicted octanol–water partition coefficient (Wildman–Crippen LogP) is 4.72. The van der Waals surface area contributed by atoms with Crippen LogP contribution in [0.25, 0.3) is 0 Å². The molecule has 0 atom stereocenters. The first-order valence-corrected chi connectivity index (χ1v) is 16.2. The lowest BCUT2D eigenvalue weighted by atomic mass is 10.1. The highest BCUT2D eigenvalue weighted by molar-refractivity contribution is 7.90. The van der Waals surface area contributed by atoms with Crippen LogP contribution < -0.4 is 25.4 Å². The number of aromatic nitrogens is 3. The van der Waals surface area contributed by atoms with Crippen LogP contribution in [0.3, 0.4) is 0 Å². The van der Waals surface area contributed by atoms with Crippen molar-refractivity contribution in [3.63, 3.8) is 0 Å². The van der Waals surface area contributed by atoms with E-state index < -0.39 is 45.5 Å². The van der Waals surface area contributed by atoms with Crippen molar-refractivity contribution in [1.29, 1.82) is 0 Å². The van der Waals surface area contributed by atoms with Crippen molar-refractivity contribution in [3.05, 3.63) is 64.7 Å². The molecule has 248 valence electrons. The molecule has 1 aromatic heterocycles. The number of hydrogen-bond acceptors (Lipinski definition) is 11. The molecule has 46 heavy (non-hydrogen) atoms.